The van der Waals surface area contributed by atoms with Crippen LogP contribution in [0, 0.1) is 0 Å². The minimum absolute atomic E-state index is 0.390. The topological polar surface area (TPSA) is 95.9 Å². The van der Waals surface area contributed by atoms with E-state index in [0.29, 0.717) is 29.1 Å². The van der Waals surface area contributed by atoms with Crippen LogP contribution in [0.1, 0.15) is 39.2 Å². The van der Waals surface area contributed by atoms with Crippen molar-refractivity contribution >= 4 is 29.4 Å². The average Bonchev–Trinajstić information content (AvgIpc) is 3.19. The maximum absolute atomic E-state index is 12.0. The number of aliphatic hydroxyl groups is 1. The molecule has 3 N–H and O–H groups in total. The highest BCUT2D eigenvalue weighted by Gasteiger charge is 2.54. The zero-order valence-electron chi connectivity index (χ0n) is 13.2. The van der Waals surface area contributed by atoms with Crippen LogP contribution in [0.25, 0.3) is 0 Å². The predicted octanol–water partition coefficient (Wildman–Crippen LogP) is 3.16. The number of ether oxygens (including phenoxy) is 1. The van der Waals surface area contributed by atoms with Gasteiger partial charge in [-0.15, -0.1) is 0 Å². The molecule has 0 radical (unpaired) electrons. The van der Waals surface area contributed by atoms with E-state index in [1.165, 1.54) is 0 Å². The van der Waals surface area contributed by atoms with E-state index in [9.17, 15) is 14.7 Å². The second-order valence-corrected chi connectivity index (χ2v) is 7.15. The molecule has 1 atom stereocenters. The molecule has 2 rings (SSSR count). The number of halogens is 1. The molecule has 0 aromatic heterocycles. The molecule has 1 saturated carbocycles. The van der Waals surface area contributed by atoms with Crippen molar-refractivity contribution in [2.24, 2.45) is 0 Å². The average molecular weight is 342 g/mol. The van der Waals surface area contributed by atoms with Crippen LogP contribution in [-0.4, -0.2) is 34.0 Å². The fourth-order valence-corrected chi connectivity index (χ4v) is 2.68. The number of rotatable bonds is 4. The number of hydrogen-bond acceptors (Lipinski definition) is 4. The Bertz CT molecular complexity index is 634. The van der Waals surface area contributed by atoms with Gasteiger partial charge < -0.3 is 14.9 Å². The van der Waals surface area contributed by atoms with Gasteiger partial charge in [-0.05, 0) is 57.4 Å². The molecule has 1 aliphatic rings. The quantitative estimate of drug-likeness (QED) is 0.781. The van der Waals surface area contributed by atoms with Gasteiger partial charge in [-0.2, -0.15) is 0 Å². The van der Waals surface area contributed by atoms with Gasteiger partial charge in [0.25, 0.3) is 0 Å². The van der Waals surface area contributed by atoms with Gasteiger partial charge in [0.05, 0.1) is 0 Å². The number of amides is 1. The molecule has 1 aliphatic carbocycles. The third kappa shape index (κ3) is 3.95. The number of carbonyl (C=O) groups is 2. The Morgan fingerprint density at radius 1 is 1.35 bits per heavy atom. The summed E-state index contributed by atoms with van der Waals surface area (Å²) in [6.07, 6.45) is -1.20. The van der Waals surface area contributed by atoms with Gasteiger partial charge in [0, 0.05) is 16.1 Å². The first-order valence-corrected chi connectivity index (χ1v) is 7.64. The van der Waals surface area contributed by atoms with Crippen LogP contribution in [0.15, 0.2) is 18.2 Å². The fourth-order valence-electron chi connectivity index (χ4n) is 2.51. The zero-order chi connectivity index (χ0) is 17.4. The maximum atomic E-state index is 12.0. The van der Waals surface area contributed by atoms with Gasteiger partial charge in [0.1, 0.15) is 5.60 Å². The third-order valence-corrected chi connectivity index (χ3v) is 3.93. The number of aliphatic hydroxyl groups excluding tert-OH is 1. The number of benzene rings is 1. The number of aliphatic carboxylic acids is 1. The van der Waals surface area contributed by atoms with Crippen molar-refractivity contribution in [3.63, 3.8) is 0 Å². The first-order valence-electron chi connectivity index (χ1n) is 7.26. The van der Waals surface area contributed by atoms with Gasteiger partial charge in [-0.3, -0.25) is 5.32 Å². The predicted molar refractivity (Wildman–Crippen MR) is 85.9 cm³/mol. The van der Waals surface area contributed by atoms with Crippen LogP contribution >= 0.6 is 11.6 Å². The van der Waals surface area contributed by atoms with Crippen molar-refractivity contribution in [1.29, 1.82) is 0 Å². The first-order chi connectivity index (χ1) is 10.5. The molecule has 1 fully saturated rings. The van der Waals surface area contributed by atoms with Crippen molar-refractivity contribution in [2.45, 2.75) is 50.7 Å². The van der Waals surface area contributed by atoms with Crippen LogP contribution in [0.2, 0.25) is 5.02 Å². The fraction of sp³-hybridized carbons (Fsp3) is 0.500. The minimum Gasteiger partial charge on any atom is -0.479 e. The Labute approximate surface area is 139 Å². The molecule has 1 unspecified atom stereocenters. The molecular weight excluding hydrogens is 322 g/mol. The molecular formula is C16H20ClNO5. The van der Waals surface area contributed by atoms with Crippen molar-refractivity contribution in [2.75, 3.05) is 5.32 Å². The van der Waals surface area contributed by atoms with Gasteiger partial charge in [-0.1, -0.05) is 11.6 Å². The number of carboxylic acids is 1. The van der Waals surface area contributed by atoms with Crippen LogP contribution in [0.5, 0.6) is 0 Å². The van der Waals surface area contributed by atoms with E-state index < -0.39 is 29.2 Å². The molecule has 1 aromatic rings. The molecule has 1 amide bonds. The highest BCUT2D eigenvalue weighted by Crippen LogP contribution is 2.53. The van der Waals surface area contributed by atoms with Gasteiger partial charge >= 0.3 is 12.1 Å². The van der Waals surface area contributed by atoms with E-state index in [-0.39, 0.29) is 0 Å². The van der Waals surface area contributed by atoms with E-state index in [0.717, 1.165) is 0 Å². The van der Waals surface area contributed by atoms with Crippen molar-refractivity contribution in [3.05, 3.63) is 28.8 Å². The maximum Gasteiger partial charge on any atom is 0.412 e. The lowest BCUT2D eigenvalue weighted by Crippen LogP contribution is -2.35. The minimum atomic E-state index is -1.56. The number of carboxylic acid groups (broad SMARTS) is 1. The standard InChI is InChI=1S/C16H20ClNO5/c1-15(2,3)23-14(22)18-11-5-4-9(17)8-10(11)16(6-7-16)12(19)13(20)21/h4-5,8,12,19H,6-7H2,1-3H3,(H,18,22)(H,20,21). The Morgan fingerprint density at radius 3 is 2.43 bits per heavy atom. The van der Waals surface area contributed by atoms with Crippen LogP contribution in [0.4, 0.5) is 10.5 Å². The Kier molecular flexibility index (Phi) is 4.59. The van der Waals surface area contributed by atoms with Crippen molar-refractivity contribution in [3.8, 4) is 0 Å². The monoisotopic (exact) mass is 341 g/mol. The summed E-state index contributed by atoms with van der Waals surface area (Å²) in [5.41, 5.74) is -0.692. The van der Waals surface area contributed by atoms with E-state index in [4.69, 9.17) is 21.4 Å². The highest BCUT2D eigenvalue weighted by atomic mass is 35.5. The summed E-state index contributed by atoms with van der Waals surface area (Å²) < 4.78 is 5.21. The normalized spacial score (nSPS) is 17.3. The molecule has 1 aromatic carbocycles. The summed E-state index contributed by atoms with van der Waals surface area (Å²) in [4.78, 5) is 23.1. The van der Waals surface area contributed by atoms with Crippen molar-refractivity contribution in [1.82, 2.24) is 0 Å². The Balaban J connectivity index is 2.32. The molecule has 126 valence electrons. The van der Waals surface area contributed by atoms with Gasteiger partial charge in [0.2, 0.25) is 0 Å². The summed E-state index contributed by atoms with van der Waals surface area (Å²) >= 11 is 6.00. The second-order valence-electron chi connectivity index (χ2n) is 6.71. The smallest absolute Gasteiger partial charge is 0.412 e. The second kappa shape index (κ2) is 6.02. The lowest BCUT2D eigenvalue weighted by Gasteiger charge is -2.24. The van der Waals surface area contributed by atoms with E-state index >= 15 is 0 Å². The first kappa shape index (κ1) is 17.6. The summed E-state index contributed by atoms with van der Waals surface area (Å²) in [7, 11) is 0. The molecule has 0 bridgehead atoms. The molecule has 7 heteroatoms. The summed E-state index contributed by atoms with van der Waals surface area (Å²) in [6.45, 7) is 5.23. The lowest BCUT2D eigenvalue weighted by atomic mass is 9.88. The molecule has 6 nitrogen and oxygen atoms in total. The van der Waals surface area contributed by atoms with Crippen LogP contribution in [0.3, 0.4) is 0 Å². The zero-order valence-corrected chi connectivity index (χ0v) is 14.0. The summed E-state index contributed by atoms with van der Waals surface area (Å²) in [5, 5.41) is 22.2. The number of anilines is 1. The van der Waals surface area contributed by atoms with E-state index in [1.807, 2.05) is 0 Å². The van der Waals surface area contributed by atoms with Crippen LogP contribution < -0.4 is 5.32 Å². The third-order valence-electron chi connectivity index (χ3n) is 3.70. The molecule has 0 spiro atoms. The van der Waals surface area contributed by atoms with Gasteiger partial charge in [-0.25, -0.2) is 9.59 Å². The Hall–Kier alpha value is -1.79. The Morgan fingerprint density at radius 2 is 1.96 bits per heavy atom. The molecule has 23 heavy (non-hydrogen) atoms. The lowest BCUT2D eigenvalue weighted by molar-refractivity contribution is -0.148. The largest absolute Gasteiger partial charge is 0.479 e. The SMILES string of the molecule is CC(C)(C)OC(=O)Nc1ccc(Cl)cc1C1(C(O)C(=O)O)CC1. The van der Waals surface area contributed by atoms with Gasteiger partial charge in [0.15, 0.2) is 6.10 Å². The molecule has 0 heterocycles. The molecule has 0 aliphatic heterocycles. The number of carbonyl (C=O) groups excluding carboxylic acids is 1. The van der Waals surface area contributed by atoms with E-state index in [1.54, 1.807) is 39.0 Å². The summed E-state index contributed by atoms with van der Waals surface area (Å²) in [6, 6.07) is 4.74. The number of nitrogens with one attached hydrogen (secondary N) is 1. The van der Waals surface area contributed by atoms with Crippen molar-refractivity contribution < 1.29 is 24.5 Å². The number of hydrogen-bond donors (Lipinski definition) is 3. The highest BCUT2D eigenvalue weighted by molar-refractivity contribution is 6.30. The van der Waals surface area contributed by atoms with E-state index in [2.05, 4.69) is 5.32 Å². The molecule has 0 saturated heterocycles. The summed E-state index contributed by atoms with van der Waals surface area (Å²) in [5.74, 6) is -1.30. The van der Waals surface area contributed by atoms with Crippen LogP contribution in [-0.2, 0) is 14.9 Å².